The molecule has 5 aliphatic rings. The number of nitrogens with zero attached hydrogens (tertiary/aromatic N) is 5. The van der Waals surface area contributed by atoms with Crippen LogP contribution in [-0.4, -0.2) is 96.8 Å². The fourth-order valence-electron chi connectivity index (χ4n) is 8.89. The lowest BCUT2D eigenvalue weighted by molar-refractivity contribution is -0.136. The highest BCUT2D eigenvalue weighted by molar-refractivity contribution is 6.33. The third-order valence-electron chi connectivity index (χ3n) is 12.1. The van der Waals surface area contributed by atoms with E-state index < -0.39 is 29.7 Å². The van der Waals surface area contributed by atoms with Gasteiger partial charge < -0.3 is 19.9 Å². The summed E-state index contributed by atoms with van der Waals surface area (Å²) in [6.07, 6.45) is 5.72. The number of fused-ring (bicyclic) bond motifs is 2. The van der Waals surface area contributed by atoms with E-state index in [1.54, 1.807) is 18.2 Å². The third kappa shape index (κ3) is 7.31. The number of ether oxygens (including phenoxy) is 1. The predicted molar refractivity (Wildman–Crippen MR) is 210 cm³/mol. The first kappa shape index (κ1) is 37.5. The number of rotatable bonds is 7. The van der Waals surface area contributed by atoms with Gasteiger partial charge in [0.1, 0.15) is 18.4 Å². The van der Waals surface area contributed by atoms with Gasteiger partial charge in [-0.25, -0.2) is 4.85 Å². The van der Waals surface area contributed by atoms with E-state index in [0.29, 0.717) is 53.8 Å². The summed E-state index contributed by atoms with van der Waals surface area (Å²) in [5, 5.41) is 5.95. The van der Waals surface area contributed by atoms with Gasteiger partial charge in [0.2, 0.25) is 17.5 Å². The van der Waals surface area contributed by atoms with Crippen molar-refractivity contribution >= 4 is 58.2 Å². The van der Waals surface area contributed by atoms with Gasteiger partial charge in [-0.3, -0.25) is 39.1 Å². The molecule has 3 aromatic rings. The lowest BCUT2D eigenvalue weighted by Crippen LogP contribution is -2.54. The maximum atomic E-state index is 13.4. The molecule has 2 N–H and O–H groups in total. The summed E-state index contributed by atoms with van der Waals surface area (Å²) in [5.41, 5.74) is 4.49. The molecule has 0 bridgehead atoms. The summed E-state index contributed by atoms with van der Waals surface area (Å²) < 4.78 is 6.10. The highest BCUT2D eigenvalue weighted by atomic mass is 35.5. The number of carbonyl (C=O) groups excluding carboxylic acids is 5. The van der Waals surface area contributed by atoms with Crippen LogP contribution in [0.25, 0.3) is 4.85 Å². The molecule has 4 heterocycles. The summed E-state index contributed by atoms with van der Waals surface area (Å²) in [6.45, 7) is 10.7. The van der Waals surface area contributed by atoms with E-state index in [1.165, 1.54) is 0 Å². The molecule has 13 nitrogen and oxygen atoms in total. The number of anilines is 2. The fourth-order valence-corrected chi connectivity index (χ4v) is 9.10. The van der Waals surface area contributed by atoms with Gasteiger partial charge in [-0.1, -0.05) is 17.7 Å². The largest absolute Gasteiger partial charge is 0.492 e. The highest BCUT2D eigenvalue weighted by Gasteiger charge is 2.45. The Morgan fingerprint density at radius 2 is 1.62 bits per heavy atom. The monoisotopic (exact) mass is 777 g/mol. The van der Waals surface area contributed by atoms with Crippen LogP contribution >= 0.6 is 11.6 Å². The van der Waals surface area contributed by atoms with Crippen LogP contribution in [0.4, 0.5) is 17.1 Å². The zero-order valence-corrected chi connectivity index (χ0v) is 32.0. The maximum Gasteiger partial charge on any atom is 0.262 e. The Hall–Kier alpha value is -5.45. The highest BCUT2D eigenvalue weighted by Crippen LogP contribution is 2.36. The van der Waals surface area contributed by atoms with Crippen molar-refractivity contribution in [2.24, 2.45) is 0 Å². The smallest absolute Gasteiger partial charge is 0.262 e. The van der Waals surface area contributed by atoms with Crippen LogP contribution in [0.5, 0.6) is 5.75 Å². The quantitative estimate of drug-likeness (QED) is 0.241. The number of nitrogens with one attached hydrogen (secondary N) is 2. The lowest BCUT2D eigenvalue weighted by atomic mass is 9.90. The van der Waals surface area contributed by atoms with Gasteiger partial charge in [0.25, 0.3) is 17.7 Å². The van der Waals surface area contributed by atoms with Crippen LogP contribution in [0.3, 0.4) is 0 Å². The summed E-state index contributed by atoms with van der Waals surface area (Å²) in [5.74, 6) is -1.58. The van der Waals surface area contributed by atoms with E-state index >= 15 is 0 Å². The zero-order chi connectivity index (χ0) is 39.1. The van der Waals surface area contributed by atoms with Crippen molar-refractivity contribution in [2.45, 2.75) is 82.1 Å². The van der Waals surface area contributed by atoms with E-state index in [9.17, 15) is 24.0 Å². The number of hydrogen-bond donors (Lipinski definition) is 2. The second-order valence-corrected chi connectivity index (χ2v) is 15.8. The van der Waals surface area contributed by atoms with Crippen molar-refractivity contribution in [1.82, 2.24) is 20.4 Å². The molecule has 1 saturated carbocycles. The Labute approximate surface area is 330 Å². The molecule has 3 fully saturated rings. The SMILES string of the molecule is [C-]#[N+]c1ccc(N(C)C2CCC(NC(=O)c3ccc(N4CCC(N5CCOc6cc7c(cc6C5)C(=O)N(C5CCC(=O)NC5=O)C7=O)CC4)cc3)CC2)cc1Cl. The average molecular weight is 778 g/mol. The fraction of sp³-hybridized carbons (Fsp3) is 0.429. The van der Waals surface area contributed by atoms with Crippen LogP contribution in [-0.2, 0) is 16.1 Å². The maximum absolute atomic E-state index is 13.4. The number of hydrogen-bond acceptors (Lipinski definition) is 9. The van der Waals surface area contributed by atoms with Crippen LogP contribution in [0.2, 0.25) is 5.02 Å². The molecule has 1 atom stereocenters. The molecule has 0 aromatic heterocycles. The average Bonchev–Trinajstić information content (AvgIpc) is 3.32. The molecule has 56 heavy (non-hydrogen) atoms. The van der Waals surface area contributed by atoms with Crippen LogP contribution < -0.4 is 25.2 Å². The number of piperidine rings is 2. The number of imide groups is 2. The standard InChI is InChI=1S/C42H44ClN7O6/c1-44-35-12-11-31(22-34(35)43)47(2)28-9-5-27(6-10-28)45-39(52)25-3-7-29(8-4-25)48-17-15-30(16-18-48)49-19-20-56-37-23-33-32(21-26(37)24-49)41(54)50(42(33)55)36-13-14-38(51)46-40(36)53/h3-4,7-8,11-12,21-23,27-28,30,36H,5-6,9-10,13-20,24H2,2H3,(H,45,52)(H,46,51,53). The Morgan fingerprint density at radius 3 is 2.30 bits per heavy atom. The Morgan fingerprint density at radius 1 is 0.911 bits per heavy atom. The third-order valence-corrected chi connectivity index (χ3v) is 12.4. The molecule has 2 saturated heterocycles. The Bertz CT molecular complexity index is 2120. The first-order valence-electron chi connectivity index (χ1n) is 19.4. The van der Waals surface area contributed by atoms with Gasteiger partial charge in [-0.15, -0.1) is 0 Å². The number of carbonyl (C=O) groups is 5. The van der Waals surface area contributed by atoms with Gasteiger partial charge in [-0.05, 0) is 93.5 Å². The minimum atomic E-state index is -1.01. The molecular formula is C42H44ClN7O6. The number of benzene rings is 3. The minimum Gasteiger partial charge on any atom is -0.492 e. The van der Waals surface area contributed by atoms with Crippen molar-refractivity contribution < 1.29 is 28.7 Å². The van der Waals surface area contributed by atoms with Crippen molar-refractivity contribution in [3.8, 4) is 5.75 Å². The van der Waals surface area contributed by atoms with Crippen molar-refractivity contribution in [3.63, 3.8) is 0 Å². The minimum absolute atomic E-state index is 0.0577. The van der Waals surface area contributed by atoms with Gasteiger partial charge in [0, 0.05) is 85.3 Å². The zero-order valence-electron chi connectivity index (χ0n) is 31.3. The molecule has 290 valence electrons. The van der Waals surface area contributed by atoms with Gasteiger partial charge >= 0.3 is 0 Å². The lowest BCUT2D eigenvalue weighted by Gasteiger charge is -2.39. The van der Waals surface area contributed by atoms with E-state index in [1.807, 2.05) is 36.4 Å². The van der Waals surface area contributed by atoms with Crippen molar-refractivity contribution in [2.75, 3.05) is 43.1 Å². The first-order chi connectivity index (χ1) is 27.1. The van der Waals surface area contributed by atoms with Crippen LogP contribution in [0, 0.1) is 6.57 Å². The van der Waals surface area contributed by atoms with Crippen molar-refractivity contribution in [3.05, 3.63) is 93.3 Å². The van der Waals surface area contributed by atoms with Gasteiger partial charge in [-0.2, -0.15) is 0 Å². The summed E-state index contributed by atoms with van der Waals surface area (Å²) in [4.78, 5) is 75.6. The van der Waals surface area contributed by atoms with Crippen LogP contribution in [0.1, 0.15) is 88.0 Å². The topological polar surface area (TPSA) is 136 Å². The summed E-state index contributed by atoms with van der Waals surface area (Å²) in [7, 11) is 2.06. The Kier molecular flexibility index (Phi) is 10.4. The predicted octanol–water partition coefficient (Wildman–Crippen LogP) is 5.33. The second kappa shape index (κ2) is 15.6. The molecule has 8 rings (SSSR count). The summed E-state index contributed by atoms with van der Waals surface area (Å²) >= 11 is 6.28. The molecule has 4 aliphatic heterocycles. The molecule has 0 spiro atoms. The molecule has 1 unspecified atom stereocenters. The normalized spacial score (nSPS) is 23.1. The summed E-state index contributed by atoms with van der Waals surface area (Å²) in [6, 6.07) is 16.5. The Balaban J connectivity index is 0.826. The van der Waals surface area contributed by atoms with Crippen LogP contribution in [0.15, 0.2) is 54.6 Å². The molecule has 3 aromatic carbocycles. The molecule has 0 radical (unpaired) electrons. The molecule has 14 heteroatoms. The second-order valence-electron chi connectivity index (χ2n) is 15.4. The number of amides is 5. The van der Waals surface area contributed by atoms with Crippen molar-refractivity contribution in [1.29, 1.82) is 0 Å². The molecule has 1 aliphatic carbocycles. The first-order valence-corrected chi connectivity index (χ1v) is 19.8. The van der Waals surface area contributed by atoms with E-state index in [-0.39, 0.29) is 35.9 Å². The van der Waals surface area contributed by atoms with Gasteiger partial charge in [0.05, 0.1) is 17.7 Å². The van der Waals surface area contributed by atoms with E-state index in [0.717, 1.165) is 73.5 Å². The number of halogens is 1. The van der Waals surface area contributed by atoms with Gasteiger partial charge in [0.15, 0.2) is 0 Å². The van der Waals surface area contributed by atoms with E-state index in [4.69, 9.17) is 22.9 Å². The van der Waals surface area contributed by atoms with E-state index in [2.05, 4.69) is 37.2 Å². The molecule has 5 amide bonds. The molecular weight excluding hydrogens is 734 g/mol.